The van der Waals surface area contributed by atoms with Crippen molar-refractivity contribution >= 4 is 17.3 Å². The van der Waals surface area contributed by atoms with Gasteiger partial charge in [-0.1, -0.05) is 23.7 Å². The van der Waals surface area contributed by atoms with Crippen LogP contribution in [0.5, 0.6) is 5.75 Å². The Kier molecular flexibility index (Phi) is 4.48. The van der Waals surface area contributed by atoms with Crippen molar-refractivity contribution in [2.45, 2.75) is 6.92 Å². The van der Waals surface area contributed by atoms with Crippen LogP contribution in [-0.4, -0.2) is 13.2 Å². The van der Waals surface area contributed by atoms with Gasteiger partial charge in [0.15, 0.2) is 0 Å². The van der Waals surface area contributed by atoms with E-state index >= 15 is 0 Å². The molecule has 2 aromatic carbocycles. The topological polar surface area (TPSA) is 21.3 Å². The smallest absolute Gasteiger partial charge is 0.119 e. The van der Waals surface area contributed by atoms with Crippen molar-refractivity contribution in [3.05, 3.63) is 59.1 Å². The number of hydrogen-bond donors (Lipinski definition) is 1. The zero-order valence-corrected chi connectivity index (χ0v) is 11.1. The Hall–Kier alpha value is -1.67. The number of rotatable bonds is 5. The van der Waals surface area contributed by atoms with Crippen molar-refractivity contribution in [1.82, 2.24) is 0 Å². The van der Waals surface area contributed by atoms with Crippen LogP contribution in [0.15, 0.2) is 48.5 Å². The molecule has 0 aromatic heterocycles. The second-order valence-corrected chi connectivity index (χ2v) is 4.54. The van der Waals surface area contributed by atoms with E-state index in [1.165, 1.54) is 5.56 Å². The summed E-state index contributed by atoms with van der Waals surface area (Å²) in [5.74, 6) is 0.838. The molecular formula is C15H16ClNO. The molecule has 1 N–H and O–H groups in total. The minimum Gasteiger partial charge on any atom is -0.492 e. The molecule has 0 saturated heterocycles. The molecule has 0 amide bonds. The molecule has 18 heavy (non-hydrogen) atoms. The Morgan fingerprint density at radius 3 is 2.61 bits per heavy atom. The van der Waals surface area contributed by atoms with Crippen molar-refractivity contribution in [3.63, 3.8) is 0 Å². The molecule has 0 fully saturated rings. The summed E-state index contributed by atoms with van der Waals surface area (Å²) in [6, 6.07) is 15.7. The Morgan fingerprint density at radius 1 is 1.11 bits per heavy atom. The second-order valence-electron chi connectivity index (χ2n) is 4.10. The van der Waals surface area contributed by atoms with Gasteiger partial charge in [0.25, 0.3) is 0 Å². The average molecular weight is 262 g/mol. The highest BCUT2D eigenvalue weighted by molar-refractivity contribution is 6.30. The molecule has 0 saturated carbocycles. The molecule has 2 aromatic rings. The van der Waals surface area contributed by atoms with Crippen molar-refractivity contribution in [3.8, 4) is 5.75 Å². The molecular weight excluding hydrogens is 246 g/mol. The number of aryl methyl sites for hydroxylation is 1. The molecule has 0 aliphatic carbocycles. The van der Waals surface area contributed by atoms with Gasteiger partial charge in [-0.05, 0) is 48.9 Å². The molecule has 0 heterocycles. The summed E-state index contributed by atoms with van der Waals surface area (Å²) in [6.07, 6.45) is 0. The Labute approximate surface area is 113 Å². The van der Waals surface area contributed by atoms with Gasteiger partial charge in [-0.2, -0.15) is 0 Å². The number of anilines is 1. The fraction of sp³-hybridized carbons (Fsp3) is 0.200. The standard InChI is InChI=1S/C15H16ClNO/c1-12-3-2-4-14(11-12)17-9-10-18-15-7-5-13(16)6-8-15/h2-8,11,17H,9-10H2,1H3. The van der Waals surface area contributed by atoms with Crippen molar-refractivity contribution in [1.29, 1.82) is 0 Å². The lowest BCUT2D eigenvalue weighted by Gasteiger charge is -2.09. The normalized spacial score (nSPS) is 10.1. The SMILES string of the molecule is Cc1cccc(NCCOc2ccc(Cl)cc2)c1. The first-order chi connectivity index (χ1) is 8.74. The van der Waals surface area contributed by atoms with Gasteiger partial charge < -0.3 is 10.1 Å². The zero-order chi connectivity index (χ0) is 12.8. The van der Waals surface area contributed by atoms with Crippen LogP contribution in [0.2, 0.25) is 5.02 Å². The fourth-order valence-electron chi connectivity index (χ4n) is 1.65. The fourth-order valence-corrected chi connectivity index (χ4v) is 1.78. The van der Waals surface area contributed by atoms with Crippen molar-refractivity contribution in [2.75, 3.05) is 18.5 Å². The number of hydrogen-bond acceptors (Lipinski definition) is 2. The maximum atomic E-state index is 5.80. The summed E-state index contributed by atoms with van der Waals surface area (Å²) in [7, 11) is 0. The molecule has 2 nitrogen and oxygen atoms in total. The lowest BCUT2D eigenvalue weighted by atomic mass is 10.2. The third kappa shape index (κ3) is 3.97. The highest BCUT2D eigenvalue weighted by Gasteiger charge is 1.95. The third-order valence-electron chi connectivity index (χ3n) is 2.53. The van der Waals surface area contributed by atoms with Gasteiger partial charge >= 0.3 is 0 Å². The third-order valence-corrected chi connectivity index (χ3v) is 2.78. The van der Waals surface area contributed by atoms with Crippen LogP contribution in [0.3, 0.4) is 0 Å². The van der Waals surface area contributed by atoms with Crippen LogP contribution in [0.1, 0.15) is 5.56 Å². The summed E-state index contributed by atoms with van der Waals surface area (Å²) >= 11 is 5.80. The first-order valence-electron chi connectivity index (χ1n) is 5.93. The number of halogens is 1. The maximum absolute atomic E-state index is 5.80. The molecule has 0 unspecified atom stereocenters. The van der Waals surface area contributed by atoms with Gasteiger partial charge in [0.05, 0.1) is 0 Å². The van der Waals surface area contributed by atoms with Gasteiger partial charge in [-0.3, -0.25) is 0 Å². The molecule has 3 heteroatoms. The van der Waals surface area contributed by atoms with Crippen molar-refractivity contribution < 1.29 is 4.74 Å². The molecule has 0 bridgehead atoms. The first kappa shape index (κ1) is 12.8. The van der Waals surface area contributed by atoms with Gasteiger partial charge in [-0.25, -0.2) is 0 Å². The van der Waals surface area contributed by atoms with Gasteiger partial charge in [0, 0.05) is 17.3 Å². The number of ether oxygens (including phenoxy) is 1. The number of benzene rings is 2. The molecule has 2 rings (SSSR count). The summed E-state index contributed by atoms with van der Waals surface area (Å²) < 4.78 is 5.59. The number of nitrogens with one attached hydrogen (secondary N) is 1. The van der Waals surface area contributed by atoms with E-state index in [-0.39, 0.29) is 0 Å². The molecule has 0 spiro atoms. The molecule has 94 valence electrons. The average Bonchev–Trinajstić information content (AvgIpc) is 2.37. The van der Waals surface area contributed by atoms with E-state index in [1.807, 2.05) is 30.3 Å². The van der Waals surface area contributed by atoms with E-state index in [1.54, 1.807) is 0 Å². The van der Waals surface area contributed by atoms with Gasteiger partial charge in [0.1, 0.15) is 12.4 Å². The van der Waals surface area contributed by atoms with Gasteiger partial charge in [0.2, 0.25) is 0 Å². The van der Waals surface area contributed by atoms with E-state index in [2.05, 4.69) is 30.4 Å². The highest BCUT2D eigenvalue weighted by Crippen LogP contribution is 2.15. The van der Waals surface area contributed by atoms with Gasteiger partial charge in [-0.15, -0.1) is 0 Å². The van der Waals surface area contributed by atoms with Crippen molar-refractivity contribution in [2.24, 2.45) is 0 Å². The van der Waals surface area contributed by atoms with Crippen LogP contribution in [0, 0.1) is 6.92 Å². The zero-order valence-electron chi connectivity index (χ0n) is 10.3. The van der Waals surface area contributed by atoms with E-state index in [4.69, 9.17) is 16.3 Å². The predicted molar refractivity (Wildman–Crippen MR) is 76.6 cm³/mol. The van der Waals surface area contributed by atoms with E-state index in [9.17, 15) is 0 Å². The quantitative estimate of drug-likeness (QED) is 0.817. The lowest BCUT2D eigenvalue weighted by Crippen LogP contribution is -2.11. The highest BCUT2D eigenvalue weighted by atomic mass is 35.5. The Morgan fingerprint density at radius 2 is 1.89 bits per heavy atom. The van der Waals surface area contributed by atoms with Crippen LogP contribution in [-0.2, 0) is 0 Å². The van der Waals surface area contributed by atoms with E-state index in [0.29, 0.717) is 6.61 Å². The Bertz CT molecular complexity index is 496. The van der Waals surface area contributed by atoms with Crippen LogP contribution in [0.4, 0.5) is 5.69 Å². The van der Waals surface area contributed by atoms with E-state index < -0.39 is 0 Å². The Balaban J connectivity index is 1.74. The maximum Gasteiger partial charge on any atom is 0.119 e. The summed E-state index contributed by atoms with van der Waals surface area (Å²) in [5, 5.41) is 4.04. The minimum absolute atomic E-state index is 0.621. The molecule has 0 radical (unpaired) electrons. The minimum atomic E-state index is 0.621. The molecule has 0 aliphatic rings. The second kappa shape index (κ2) is 6.31. The van der Waals surface area contributed by atoms with Crippen LogP contribution in [0.25, 0.3) is 0 Å². The monoisotopic (exact) mass is 261 g/mol. The summed E-state index contributed by atoms with van der Waals surface area (Å²) in [6.45, 7) is 3.47. The van der Waals surface area contributed by atoms with Crippen LogP contribution >= 0.6 is 11.6 Å². The first-order valence-corrected chi connectivity index (χ1v) is 6.31. The van der Waals surface area contributed by atoms with Crippen LogP contribution < -0.4 is 10.1 Å². The largest absolute Gasteiger partial charge is 0.492 e. The van der Waals surface area contributed by atoms with E-state index in [0.717, 1.165) is 23.0 Å². The molecule has 0 aliphatic heterocycles. The summed E-state index contributed by atoms with van der Waals surface area (Å²) in [4.78, 5) is 0. The summed E-state index contributed by atoms with van der Waals surface area (Å²) in [5.41, 5.74) is 2.37. The molecule has 0 atom stereocenters. The predicted octanol–water partition coefficient (Wildman–Crippen LogP) is 4.14. The lowest BCUT2D eigenvalue weighted by molar-refractivity contribution is 0.333.